The van der Waals surface area contributed by atoms with Crippen molar-refractivity contribution in [3.8, 4) is 0 Å². The minimum absolute atomic E-state index is 0. The summed E-state index contributed by atoms with van der Waals surface area (Å²) in [6.45, 7) is 1.75. The van der Waals surface area contributed by atoms with E-state index < -0.39 is 0 Å². The van der Waals surface area contributed by atoms with E-state index in [4.69, 9.17) is 0 Å². The van der Waals surface area contributed by atoms with Crippen molar-refractivity contribution in [1.29, 1.82) is 0 Å². The van der Waals surface area contributed by atoms with Gasteiger partial charge in [-0.2, -0.15) is 0 Å². The first-order valence-corrected chi connectivity index (χ1v) is 1.39. The van der Waals surface area contributed by atoms with Crippen LogP contribution in [0.3, 0.4) is 0 Å². The van der Waals surface area contributed by atoms with Crippen molar-refractivity contribution >= 4 is 0 Å². The third-order valence-electron chi connectivity index (χ3n) is 0.471. The monoisotopic (exact) mass is 96.0 g/mol. The Balaban J connectivity index is 0.000000160. The van der Waals surface area contributed by atoms with Crippen LogP contribution in [0.4, 0.5) is 0 Å². The molecule has 0 amide bonds. The zero-order valence-corrected chi connectivity index (χ0v) is 6.52. The Bertz CT molecular complexity index is 14.9. The third-order valence-corrected chi connectivity index (χ3v) is 0.471. The van der Waals surface area contributed by atoms with Crippen molar-refractivity contribution < 1.29 is 56.1 Å². The molecule has 0 atom stereocenters. The van der Waals surface area contributed by atoms with E-state index in [1.54, 1.807) is 0 Å². The Kier molecular flexibility index (Phi) is 4.98. The second-order valence-electron chi connectivity index (χ2n) is 0.826. The van der Waals surface area contributed by atoms with Crippen molar-refractivity contribution in [2.75, 3.05) is 13.2 Å². The largest absolute Gasteiger partial charge is 1.00 e. The van der Waals surface area contributed by atoms with Gasteiger partial charge in [-0.05, 0) is 0 Å². The first-order valence-electron chi connectivity index (χ1n) is 1.39. The van der Waals surface area contributed by atoms with Gasteiger partial charge in [-0.15, -0.1) is 0 Å². The molecule has 0 spiro atoms. The van der Waals surface area contributed by atoms with Gasteiger partial charge in [0.1, 0.15) is 0 Å². The van der Waals surface area contributed by atoms with E-state index in [1.165, 1.54) is 0 Å². The van der Waals surface area contributed by atoms with Gasteiger partial charge in [-0.3, -0.25) is 6.42 Å². The molecule has 5 heavy (non-hydrogen) atoms. The van der Waals surface area contributed by atoms with Crippen molar-refractivity contribution in [2.45, 2.75) is 0 Å². The van der Waals surface area contributed by atoms with E-state index in [0.29, 0.717) is 0 Å². The van der Waals surface area contributed by atoms with Gasteiger partial charge in [0, 0.05) is 0 Å². The molecule has 0 bridgehead atoms. The summed E-state index contributed by atoms with van der Waals surface area (Å²) in [4.78, 5) is 0. The molecule has 0 aromatic carbocycles. The summed E-state index contributed by atoms with van der Waals surface area (Å²) in [6.07, 6.45) is 2.08. The maximum Gasteiger partial charge on any atom is 1.00 e. The van der Waals surface area contributed by atoms with Crippen LogP contribution < -0.4 is 51.4 Å². The second-order valence-corrected chi connectivity index (χ2v) is 0.826. The molecule has 1 heterocycles. The summed E-state index contributed by atoms with van der Waals surface area (Å²) < 4.78 is 4.67. The molecule has 0 aromatic rings. The predicted molar refractivity (Wildman–Crippen MR) is 15.1 cm³/mol. The minimum atomic E-state index is 0. The third kappa shape index (κ3) is 2.31. The summed E-state index contributed by atoms with van der Waals surface area (Å²) >= 11 is 0. The van der Waals surface area contributed by atoms with Crippen LogP contribution in [0, 0.1) is 6.42 Å². The molecular weight excluding hydrogens is 91.1 g/mol. The zero-order chi connectivity index (χ0) is 2.83. The van der Waals surface area contributed by atoms with Gasteiger partial charge in [0.25, 0.3) is 0 Å². The average Bonchev–Trinajstić information content (AvgIpc) is 0.722. The molecule has 2 heteroatoms. The van der Waals surface area contributed by atoms with E-state index in [2.05, 4.69) is 11.2 Å². The number of hydrogen-bond donors (Lipinski definition) is 0. The summed E-state index contributed by atoms with van der Waals surface area (Å²) in [7, 11) is 0. The molecule has 0 unspecified atom stereocenters. The molecule has 24 valence electrons. The quantitative estimate of drug-likeness (QED) is 0.234. The molecule has 1 aliphatic rings. The van der Waals surface area contributed by atoms with Crippen LogP contribution >= 0.6 is 0 Å². The summed E-state index contributed by atoms with van der Waals surface area (Å²) in [5.74, 6) is 0. The van der Waals surface area contributed by atoms with Crippen LogP contribution in [-0.2, 0) is 4.74 Å². The molecule has 1 rings (SSSR count). The molecule has 0 N–H and O–H groups in total. The Labute approximate surface area is 74.5 Å². The van der Waals surface area contributed by atoms with Gasteiger partial charge < -0.3 is 4.74 Å². The number of ether oxygens (including phenoxy) is 1. The van der Waals surface area contributed by atoms with E-state index in [-0.39, 0.29) is 51.4 Å². The molecular formula is C3H5KO. The minimum Gasteiger partial charge on any atom is -0.445 e. The van der Waals surface area contributed by atoms with E-state index in [0.717, 1.165) is 13.2 Å². The smallest absolute Gasteiger partial charge is 0.445 e. The van der Waals surface area contributed by atoms with Gasteiger partial charge in [-0.25, -0.2) is 0 Å². The molecule has 1 saturated heterocycles. The molecule has 1 fully saturated rings. The SMILES string of the molecule is [CH-]1COC1.[K+]. The Morgan fingerprint density at radius 2 is 1.60 bits per heavy atom. The van der Waals surface area contributed by atoms with Crippen LogP contribution in [0.25, 0.3) is 0 Å². The average molecular weight is 96.2 g/mol. The molecule has 0 aliphatic carbocycles. The second kappa shape index (κ2) is 3.78. The van der Waals surface area contributed by atoms with Crippen LogP contribution in [0.1, 0.15) is 0 Å². The fourth-order valence-electron chi connectivity index (χ4n) is 0.118. The summed E-state index contributed by atoms with van der Waals surface area (Å²) in [5, 5.41) is 0. The van der Waals surface area contributed by atoms with Crippen molar-refractivity contribution in [3.05, 3.63) is 6.42 Å². The van der Waals surface area contributed by atoms with Gasteiger partial charge in [0.05, 0.1) is 0 Å². The first-order chi connectivity index (χ1) is 2.00. The normalized spacial score (nSPS) is 19.2. The first kappa shape index (κ1) is 6.60. The molecule has 0 saturated carbocycles. The van der Waals surface area contributed by atoms with Crippen LogP contribution in [0.15, 0.2) is 0 Å². The predicted octanol–water partition coefficient (Wildman–Crippen LogP) is -2.78. The van der Waals surface area contributed by atoms with E-state index in [9.17, 15) is 0 Å². The fraction of sp³-hybridized carbons (Fsp3) is 0.667. The standard InChI is InChI=1S/C3H5O.K/c1-2-4-3-1;/h1H,2-3H2;/q-1;+1. The van der Waals surface area contributed by atoms with Gasteiger partial charge in [-0.1, -0.05) is 13.2 Å². The summed E-state index contributed by atoms with van der Waals surface area (Å²) in [5.41, 5.74) is 0. The Morgan fingerprint density at radius 1 is 1.40 bits per heavy atom. The van der Waals surface area contributed by atoms with Crippen LogP contribution in [0.2, 0.25) is 0 Å². The maximum absolute atomic E-state index is 4.67. The topological polar surface area (TPSA) is 9.23 Å². The zero-order valence-electron chi connectivity index (χ0n) is 3.40. The fourth-order valence-corrected chi connectivity index (χ4v) is 0.118. The van der Waals surface area contributed by atoms with Gasteiger partial charge in [0.2, 0.25) is 0 Å². The van der Waals surface area contributed by atoms with E-state index in [1.807, 2.05) is 0 Å². The molecule has 1 aliphatic heterocycles. The summed E-state index contributed by atoms with van der Waals surface area (Å²) in [6, 6.07) is 0. The Hall–Kier alpha value is 1.60. The molecule has 1 nitrogen and oxygen atoms in total. The van der Waals surface area contributed by atoms with Crippen LogP contribution in [0.5, 0.6) is 0 Å². The van der Waals surface area contributed by atoms with E-state index >= 15 is 0 Å². The van der Waals surface area contributed by atoms with Gasteiger partial charge in [0.15, 0.2) is 0 Å². The number of rotatable bonds is 0. The molecule has 0 aromatic heterocycles. The van der Waals surface area contributed by atoms with Crippen LogP contribution in [-0.4, -0.2) is 13.2 Å². The van der Waals surface area contributed by atoms with Crippen molar-refractivity contribution in [3.63, 3.8) is 0 Å². The number of hydrogen-bond acceptors (Lipinski definition) is 1. The maximum atomic E-state index is 4.67. The Morgan fingerprint density at radius 3 is 1.60 bits per heavy atom. The van der Waals surface area contributed by atoms with Crippen molar-refractivity contribution in [1.82, 2.24) is 0 Å². The van der Waals surface area contributed by atoms with Crippen molar-refractivity contribution in [2.24, 2.45) is 0 Å². The molecule has 0 radical (unpaired) electrons. The van der Waals surface area contributed by atoms with Gasteiger partial charge >= 0.3 is 51.4 Å².